The fraction of sp³-hybridized carbons (Fsp3) is 0.750. The molecule has 0 aliphatic carbocycles. The number of nitrogens with two attached hydrogens (primary N) is 1. The summed E-state index contributed by atoms with van der Waals surface area (Å²) in [4.78, 5) is 0. The normalized spacial score (nSPS) is 15.4. The Balaban J connectivity index is 2.52. The van der Waals surface area contributed by atoms with Gasteiger partial charge in [-0.25, -0.2) is 0 Å². The lowest BCUT2D eigenvalue weighted by Gasteiger charge is -2.18. The van der Waals surface area contributed by atoms with Crippen LogP contribution in [0, 0.1) is 0 Å². The minimum absolute atomic E-state index is 0.00969. The molecule has 0 saturated carbocycles. The number of nitrogens with zero attached hydrogens (tertiary/aromatic N) is 2. The molecule has 1 aromatic heterocycles. The second-order valence-electron chi connectivity index (χ2n) is 4.41. The van der Waals surface area contributed by atoms with Crippen LogP contribution in [-0.4, -0.2) is 28.5 Å². The highest BCUT2D eigenvalue weighted by atomic mass is 16.5. The first-order valence-electron chi connectivity index (χ1n) is 5.95. The summed E-state index contributed by atoms with van der Waals surface area (Å²) in [5.74, 6) is 0. The van der Waals surface area contributed by atoms with Crippen molar-refractivity contribution < 1.29 is 4.74 Å². The van der Waals surface area contributed by atoms with E-state index in [1.54, 1.807) is 0 Å². The van der Waals surface area contributed by atoms with Crippen molar-refractivity contribution in [3.8, 4) is 0 Å². The SMILES string of the molecule is CCOC(C)C(N)Cc1ccn(C(C)C)n1. The van der Waals surface area contributed by atoms with Crippen LogP contribution in [0.25, 0.3) is 0 Å². The van der Waals surface area contributed by atoms with Gasteiger partial charge in [0, 0.05) is 31.3 Å². The largest absolute Gasteiger partial charge is 0.377 e. The molecule has 0 radical (unpaired) electrons. The summed E-state index contributed by atoms with van der Waals surface area (Å²) in [6.45, 7) is 8.92. The molecule has 0 amide bonds. The Morgan fingerprint density at radius 2 is 2.12 bits per heavy atom. The molecule has 0 fully saturated rings. The third-order valence-corrected chi connectivity index (χ3v) is 2.67. The Hall–Kier alpha value is -0.870. The summed E-state index contributed by atoms with van der Waals surface area (Å²) in [5, 5.41) is 4.47. The Kier molecular flexibility index (Phi) is 4.96. The summed E-state index contributed by atoms with van der Waals surface area (Å²) in [5.41, 5.74) is 7.08. The number of aromatic nitrogens is 2. The van der Waals surface area contributed by atoms with Crippen LogP contribution in [-0.2, 0) is 11.2 Å². The zero-order valence-electron chi connectivity index (χ0n) is 10.7. The number of ether oxygens (including phenoxy) is 1. The predicted octanol–water partition coefficient (Wildman–Crippen LogP) is 1.76. The molecule has 16 heavy (non-hydrogen) atoms. The van der Waals surface area contributed by atoms with E-state index in [1.165, 1.54) is 0 Å². The molecule has 0 saturated heterocycles. The summed E-state index contributed by atoms with van der Waals surface area (Å²) >= 11 is 0. The topological polar surface area (TPSA) is 53.1 Å². The molecule has 0 aliphatic heterocycles. The maximum absolute atomic E-state index is 6.05. The molecule has 2 N–H and O–H groups in total. The Labute approximate surface area is 97.8 Å². The van der Waals surface area contributed by atoms with Gasteiger partial charge in [0.25, 0.3) is 0 Å². The molecule has 1 heterocycles. The molecule has 1 rings (SSSR count). The van der Waals surface area contributed by atoms with Crippen LogP contribution in [0.2, 0.25) is 0 Å². The molecule has 0 spiro atoms. The molecule has 2 unspecified atom stereocenters. The smallest absolute Gasteiger partial charge is 0.0701 e. The van der Waals surface area contributed by atoms with Gasteiger partial charge in [-0.3, -0.25) is 4.68 Å². The number of hydrogen-bond acceptors (Lipinski definition) is 3. The van der Waals surface area contributed by atoms with E-state index in [4.69, 9.17) is 10.5 Å². The van der Waals surface area contributed by atoms with Crippen LogP contribution >= 0.6 is 0 Å². The summed E-state index contributed by atoms with van der Waals surface area (Å²) in [7, 11) is 0. The molecule has 1 aromatic rings. The predicted molar refractivity (Wildman–Crippen MR) is 65.4 cm³/mol. The van der Waals surface area contributed by atoms with Crippen LogP contribution in [0.15, 0.2) is 12.3 Å². The second kappa shape index (κ2) is 6.01. The zero-order chi connectivity index (χ0) is 12.1. The van der Waals surface area contributed by atoms with Crippen LogP contribution in [0.1, 0.15) is 39.4 Å². The molecular formula is C12H23N3O. The van der Waals surface area contributed by atoms with Gasteiger partial charge in [0.2, 0.25) is 0 Å². The van der Waals surface area contributed by atoms with Crippen LogP contribution in [0.5, 0.6) is 0 Å². The quantitative estimate of drug-likeness (QED) is 0.802. The van der Waals surface area contributed by atoms with E-state index in [-0.39, 0.29) is 12.1 Å². The van der Waals surface area contributed by atoms with Gasteiger partial charge < -0.3 is 10.5 Å². The van der Waals surface area contributed by atoms with E-state index in [9.17, 15) is 0 Å². The van der Waals surface area contributed by atoms with Gasteiger partial charge in [-0.15, -0.1) is 0 Å². The molecule has 4 nitrogen and oxygen atoms in total. The highest BCUT2D eigenvalue weighted by Crippen LogP contribution is 2.08. The van der Waals surface area contributed by atoms with Gasteiger partial charge in [-0.05, 0) is 33.8 Å². The molecule has 0 bridgehead atoms. The van der Waals surface area contributed by atoms with Crippen LogP contribution in [0.3, 0.4) is 0 Å². The molecular weight excluding hydrogens is 202 g/mol. The zero-order valence-corrected chi connectivity index (χ0v) is 10.7. The lowest BCUT2D eigenvalue weighted by atomic mass is 10.1. The Morgan fingerprint density at radius 3 is 2.62 bits per heavy atom. The van der Waals surface area contributed by atoms with Crippen molar-refractivity contribution in [2.24, 2.45) is 5.73 Å². The molecule has 0 aliphatic rings. The van der Waals surface area contributed by atoms with E-state index in [2.05, 4.69) is 18.9 Å². The van der Waals surface area contributed by atoms with Gasteiger partial charge in [0.15, 0.2) is 0 Å². The maximum atomic E-state index is 6.05. The minimum atomic E-state index is 0.00969. The third-order valence-electron chi connectivity index (χ3n) is 2.67. The second-order valence-corrected chi connectivity index (χ2v) is 4.41. The standard InChI is InChI=1S/C12H23N3O/c1-5-16-10(4)12(13)8-11-6-7-15(14-11)9(2)3/h6-7,9-10,12H,5,8,13H2,1-4H3. The molecule has 92 valence electrons. The van der Waals surface area contributed by atoms with Crippen molar-refractivity contribution in [1.29, 1.82) is 0 Å². The molecule has 4 heteroatoms. The Bertz CT molecular complexity index is 309. The molecule has 0 aromatic carbocycles. The average molecular weight is 225 g/mol. The Morgan fingerprint density at radius 1 is 1.44 bits per heavy atom. The summed E-state index contributed by atoms with van der Waals surface area (Å²) in [6, 6.07) is 2.43. The summed E-state index contributed by atoms with van der Waals surface area (Å²) in [6.07, 6.45) is 2.84. The molecule has 2 atom stereocenters. The van der Waals surface area contributed by atoms with Crippen molar-refractivity contribution in [2.45, 2.75) is 52.3 Å². The van der Waals surface area contributed by atoms with Crippen molar-refractivity contribution in [3.63, 3.8) is 0 Å². The highest BCUT2D eigenvalue weighted by molar-refractivity contribution is 5.02. The minimum Gasteiger partial charge on any atom is -0.377 e. The van der Waals surface area contributed by atoms with E-state index < -0.39 is 0 Å². The van der Waals surface area contributed by atoms with Gasteiger partial charge in [-0.2, -0.15) is 5.10 Å². The van der Waals surface area contributed by atoms with Crippen molar-refractivity contribution in [3.05, 3.63) is 18.0 Å². The van der Waals surface area contributed by atoms with Gasteiger partial charge in [-0.1, -0.05) is 0 Å². The van der Waals surface area contributed by atoms with E-state index in [0.717, 1.165) is 12.1 Å². The first-order chi connectivity index (χ1) is 7.54. The van der Waals surface area contributed by atoms with Gasteiger partial charge in [0.1, 0.15) is 0 Å². The van der Waals surface area contributed by atoms with E-state index >= 15 is 0 Å². The van der Waals surface area contributed by atoms with Gasteiger partial charge in [0.05, 0.1) is 11.8 Å². The van der Waals surface area contributed by atoms with E-state index in [0.29, 0.717) is 12.6 Å². The maximum Gasteiger partial charge on any atom is 0.0701 e. The third kappa shape index (κ3) is 3.61. The first kappa shape index (κ1) is 13.2. The fourth-order valence-electron chi connectivity index (χ4n) is 1.57. The number of hydrogen-bond donors (Lipinski definition) is 1. The van der Waals surface area contributed by atoms with Gasteiger partial charge >= 0.3 is 0 Å². The monoisotopic (exact) mass is 225 g/mol. The van der Waals surface area contributed by atoms with Crippen molar-refractivity contribution in [1.82, 2.24) is 9.78 Å². The average Bonchev–Trinajstić information content (AvgIpc) is 2.66. The van der Waals surface area contributed by atoms with Crippen molar-refractivity contribution >= 4 is 0 Å². The van der Waals surface area contributed by atoms with E-state index in [1.807, 2.05) is 30.8 Å². The summed E-state index contributed by atoms with van der Waals surface area (Å²) < 4.78 is 7.42. The van der Waals surface area contributed by atoms with Crippen molar-refractivity contribution in [2.75, 3.05) is 6.61 Å². The number of rotatable bonds is 6. The highest BCUT2D eigenvalue weighted by Gasteiger charge is 2.14. The van der Waals surface area contributed by atoms with Crippen LogP contribution < -0.4 is 5.73 Å². The van der Waals surface area contributed by atoms with Crippen LogP contribution in [0.4, 0.5) is 0 Å². The fourth-order valence-corrected chi connectivity index (χ4v) is 1.57. The first-order valence-corrected chi connectivity index (χ1v) is 5.95. The lowest BCUT2D eigenvalue weighted by Crippen LogP contribution is -2.36. The lowest BCUT2D eigenvalue weighted by molar-refractivity contribution is 0.0574.